The molecule has 0 bridgehead atoms. The predicted molar refractivity (Wildman–Crippen MR) is 349 cm³/mol. The number of aliphatic hydroxyl groups is 1. The monoisotopic (exact) mass is 1280 g/mol. The summed E-state index contributed by atoms with van der Waals surface area (Å²) in [6.45, 7) is 4.90. The Hall–Kier alpha value is -1.94. The van der Waals surface area contributed by atoms with E-state index in [4.69, 9.17) is 37.0 Å². The maximum Gasteiger partial charge on any atom is 0.472 e. The van der Waals surface area contributed by atoms with Gasteiger partial charge in [-0.25, -0.2) is 9.13 Å². The van der Waals surface area contributed by atoms with Gasteiger partial charge in [0.15, 0.2) is 12.2 Å². The Morgan fingerprint density at radius 1 is 0.276 bits per heavy atom. The van der Waals surface area contributed by atoms with E-state index in [2.05, 4.69) is 27.7 Å². The first-order valence-electron chi connectivity index (χ1n) is 35.8. The molecule has 0 fully saturated rings. The van der Waals surface area contributed by atoms with Crippen LogP contribution in [0.15, 0.2) is 0 Å². The van der Waals surface area contributed by atoms with Gasteiger partial charge in [0.1, 0.15) is 19.3 Å². The smallest absolute Gasteiger partial charge is 0.462 e. The Bertz CT molecular complexity index is 1670. The van der Waals surface area contributed by atoms with Crippen LogP contribution in [0.4, 0.5) is 0 Å². The average molecular weight is 1280 g/mol. The number of esters is 4. The van der Waals surface area contributed by atoms with Crippen LogP contribution in [-0.2, 0) is 65.4 Å². The maximum absolute atomic E-state index is 13.0. The number of aliphatic hydroxyl groups excluding tert-OH is 1. The minimum Gasteiger partial charge on any atom is -0.462 e. The second kappa shape index (κ2) is 62.8. The summed E-state index contributed by atoms with van der Waals surface area (Å²) < 4.78 is 68.1. The summed E-state index contributed by atoms with van der Waals surface area (Å²) in [6.07, 6.45) is 49.9. The molecule has 0 saturated heterocycles. The summed E-state index contributed by atoms with van der Waals surface area (Å²) >= 11 is 0. The molecule has 0 aromatic rings. The lowest BCUT2D eigenvalue weighted by molar-refractivity contribution is -0.161. The summed E-state index contributed by atoms with van der Waals surface area (Å²) in [6, 6.07) is 0. The van der Waals surface area contributed by atoms with Crippen LogP contribution >= 0.6 is 15.6 Å². The maximum atomic E-state index is 13.0. The fourth-order valence-electron chi connectivity index (χ4n) is 10.3. The van der Waals surface area contributed by atoms with Crippen LogP contribution in [0.2, 0.25) is 0 Å². The van der Waals surface area contributed by atoms with Gasteiger partial charge in [0, 0.05) is 25.7 Å². The van der Waals surface area contributed by atoms with Crippen molar-refractivity contribution >= 4 is 39.5 Å². The Balaban J connectivity index is 5.20. The number of phosphoric ester groups is 2. The molecule has 0 aliphatic carbocycles. The highest BCUT2D eigenvalue weighted by Gasteiger charge is 2.30. The molecule has 0 rings (SSSR count). The van der Waals surface area contributed by atoms with Gasteiger partial charge in [0.05, 0.1) is 26.4 Å². The molecule has 0 saturated carbocycles. The van der Waals surface area contributed by atoms with Gasteiger partial charge < -0.3 is 33.8 Å². The minimum atomic E-state index is -4.95. The van der Waals surface area contributed by atoms with Crippen LogP contribution < -0.4 is 0 Å². The van der Waals surface area contributed by atoms with Crippen LogP contribution in [-0.4, -0.2) is 96.7 Å². The van der Waals surface area contributed by atoms with Crippen molar-refractivity contribution in [2.45, 2.75) is 373 Å². The van der Waals surface area contributed by atoms with Gasteiger partial charge in [0.2, 0.25) is 0 Å². The molecule has 0 radical (unpaired) electrons. The molecule has 0 aromatic carbocycles. The van der Waals surface area contributed by atoms with Crippen molar-refractivity contribution < 1.29 is 80.2 Å². The molecule has 3 N–H and O–H groups in total. The van der Waals surface area contributed by atoms with Gasteiger partial charge in [0.25, 0.3) is 0 Å². The van der Waals surface area contributed by atoms with Crippen molar-refractivity contribution in [3.05, 3.63) is 0 Å². The predicted octanol–water partition coefficient (Wildman–Crippen LogP) is 19.5. The molecule has 0 aliphatic heterocycles. The van der Waals surface area contributed by atoms with Gasteiger partial charge in [-0.1, -0.05) is 304 Å². The zero-order valence-electron chi connectivity index (χ0n) is 56.0. The van der Waals surface area contributed by atoms with Crippen molar-refractivity contribution in [3.63, 3.8) is 0 Å². The average Bonchev–Trinajstić information content (AvgIpc) is 3.70. The van der Waals surface area contributed by atoms with Gasteiger partial charge in [-0.15, -0.1) is 0 Å². The van der Waals surface area contributed by atoms with Crippen molar-refractivity contribution in [1.29, 1.82) is 0 Å². The topological polar surface area (TPSA) is 237 Å². The number of rotatable bonds is 69. The molecule has 17 nitrogen and oxygen atoms in total. The van der Waals surface area contributed by atoms with E-state index >= 15 is 0 Å². The third-order valence-electron chi connectivity index (χ3n) is 15.9. The summed E-state index contributed by atoms with van der Waals surface area (Å²) in [4.78, 5) is 72.3. The Kier molecular flexibility index (Phi) is 61.4. The lowest BCUT2D eigenvalue weighted by Crippen LogP contribution is -2.30. The zero-order valence-corrected chi connectivity index (χ0v) is 57.8. The highest BCUT2D eigenvalue weighted by molar-refractivity contribution is 7.47. The largest absolute Gasteiger partial charge is 0.472 e. The Morgan fingerprint density at radius 2 is 0.460 bits per heavy atom. The van der Waals surface area contributed by atoms with E-state index in [0.29, 0.717) is 25.7 Å². The first-order valence-corrected chi connectivity index (χ1v) is 38.8. The van der Waals surface area contributed by atoms with Crippen LogP contribution in [0.25, 0.3) is 0 Å². The van der Waals surface area contributed by atoms with Crippen molar-refractivity contribution in [3.8, 4) is 0 Å². The van der Waals surface area contributed by atoms with Crippen LogP contribution in [0, 0.1) is 0 Å². The molecular weight excluding hydrogens is 1150 g/mol. The fraction of sp³-hybridized carbons (Fsp3) is 0.941. The summed E-state index contributed by atoms with van der Waals surface area (Å²) in [5, 5.41) is 10.6. The molecule has 87 heavy (non-hydrogen) atoms. The van der Waals surface area contributed by atoms with Gasteiger partial charge >= 0.3 is 39.5 Å². The first-order chi connectivity index (χ1) is 42.2. The molecule has 0 aromatic heterocycles. The first kappa shape index (κ1) is 85.1. The molecule has 0 spiro atoms. The lowest BCUT2D eigenvalue weighted by Gasteiger charge is -2.21. The number of carbonyl (C=O) groups is 4. The molecule has 5 atom stereocenters. The minimum absolute atomic E-state index is 0.107. The molecule has 2 unspecified atom stereocenters. The van der Waals surface area contributed by atoms with E-state index in [1.54, 1.807) is 0 Å². The molecular formula is C68H132O17P2. The normalized spacial score (nSPS) is 14.1. The highest BCUT2D eigenvalue weighted by Crippen LogP contribution is 2.45. The number of unbranched alkanes of at least 4 members (excludes halogenated alkanes) is 43. The number of hydrogen-bond acceptors (Lipinski definition) is 15. The zero-order chi connectivity index (χ0) is 64.0. The van der Waals surface area contributed by atoms with Crippen molar-refractivity contribution in [1.82, 2.24) is 0 Å². The number of hydrogen-bond donors (Lipinski definition) is 3. The number of carbonyl (C=O) groups excluding carboxylic acids is 4. The Morgan fingerprint density at radius 3 is 0.678 bits per heavy atom. The second-order valence-corrected chi connectivity index (χ2v) is 27.5. The standard InChI is InChI=1S/C68H132O17P2/c1-5-9-13-17-21-25-28-30-31-32-33-34-36-39-43-47-51-55-68(73)85-64(59-79-66(71)53-49-45-41-38-35-29-26-22-18-14-10-6-2)61-83-87(76,77)81-57-62(69)56-80-86(74,75)82-60-63(58-78-65(70)52-48-44-40-24-20-16-12-8-4)84-67(72)54-50-46-42-37-27-23-19-15-11-7-3/h62-64,69H,5-61H2,1-4H3,(H,74,75)(H,76,77)/t62-,63+,64+/m0/s1. The van der Waals surface area contributed by atoms with E-state index in [1.165, 1.54) is 180 Å². The summed E-state index contributed by atoms with van der Waals surface area (Å²) in [5.74, 6) is -2.13. The fourth-order valence-corrected chi connectivity index (χ4v) is 11.9. The van der Waals surface area contributed by atoms with E-state index < -0.39 is 97.5 Å². The van der Waals surface area contributed by atoms with Crippen LogP contribution in [0.3, 0.4) is 0 Å². The van der Waals surface area contributed by atoms with E-state index in [9.17, 15) is 43.2 Å². The quantitative estimate of drug-likeness (QED) is 0.0222. The van der Waals surface area contributed by atoms with Gasteiger partial charge in [-0.05, 0) is 25.7 Å². The molecule has 516 valence electrons. The van der Waals surface area contributed by atoms with Gasteiger partial charge in [-0.2, -0.15) is 0 Å². The lowest BCUT2D eigenvalue weighted by atomic mass is 10.0. The molecule has 0 heterocycles. The van der Waals surface area contributed by atoms with E-state index in [1.807, 2.05) is 0 Å². The van der Waals surface area contributed by atoms with Gasteiger partial charge in [-0.3, -0.25) is 37.3 Å². The third-order valence-corrected chi connectivity index (χ3v) is 17.8. The highest BCUT2D eigenvalue weighted by atomic mass is 31.2. The molecule has 0 amide bonds. The van der Waals surface area contributed by atoms with E-state index in [-0.39, 0.29) is 25.7 Å². The Labute approximate surface area is 530 Å². The van der Waals surface area contributed by atoms with Crippen LogP contribution in [0.5, 0.6) is 0 Å². The van der Waals surface area contributed by atoms with Crippen molar-refractivity contribution in [2.24, 2.45) is 0 Å². The third kappa shape index (κ3) is 62.6. The van der Waals surface area contributed by atoms with E-state index in [0.717, 1.165) is 96.3 Å². The number of ether oxygens (including phenoxy) is 4. The molecule has 0 aliphatic rings. The SMILES string of the molecule is CCCCCCCCCCCCCCCCCCCC(=O)O[C@H](COC(=O)CCCCCCCCCCCCCC)COP(=O)(O)OC[C@@H](O)COP(=O)(O)OC[C@@H](COC(=O)CCCCCCCCCC)OC(=O)CCCCCCCCCCCC. The second-order valence-electron chi connectivity index (χ2n) is 24.6. The summed E-state index contributed by atoms with van der Waals surface area (Å²) in [5.41, 5.74) is 0. The molecule has 19 heteroatoms. The number of phosphoric acid groups is 2. The van der Waals surface area contributed by atoms with Crippen LogP contribution in [0.1, 0.15) is 355 Å². The summed E-state index contributed by atoms with van der Waals surface area (Å²) in [7, 11) is -9.89. The van der Waals surface area contributed by atoms with Crippen molar-refractivity contribution in [2.75, 3.05) is 39.6 Å².